The molecule has 2 rings (SSSR count). The molecule has 0 amide bonds. The highest BCUT2D eigenvalue weighted by Crippen LogP contribution is 2.20. The maximum Gasteiger partial charge on any atom is 0.244 e. The van der Waals surface area contributed by atoms with Crippen molar-refractivity contribution < 1.29 is 12.8 Å². The third-order valence-electron chi connectivity index (χ3n) is 3.70. The fraction of sp³-hybridized carbons (Fsp3) is 0.692. The van der Waals surface area contributed by atoms with Crippen molar-refractivity contribution in [2.45, 2.75) is 44.6 Å². The summed E-state index contributed by atoms with van der Waals surface area (Å²) in [6.07, 6.45) is 2.20. The third kappa shape index (κ3) is 3.19. The summed E-state index contributed by atoms with van der Waals surface area (Å²) in [5.74, 6) is 1.07. The van der Waals surface area contributed by atoms with Gasteiger partial charge in [0.1, 0.15) is 16.4 Å². The van der Waals surface area contributed by atoms with Crippen LogP contribution in [0.25, 0.3) is 0 Å². The van der Waals surface area contributed by atoms with Crippen LogP contribution in [0.4, 0.5) is 0 Å². The molecule has 5 nitrogen and oxygen atoms in total. The van der Waals surface area contributed by atoms with Gasteiger partial charge in [0.05, 0.1) is 0 Å². The van der Waals surface area contributed by atoms with E-state index in [4.69, 9.17) is 4.42 Å². The van der Waals surface area contributed by atoms with Crippen LogP contribution in [-0.4, -0.2) is 39.0 Å². The van der Waals surface area contributed by atoms with E-state index in [1.807, 2.05) is 0 Å². The van der Waals surface area contributed by atoms with E-state index in [2.05, 4.69) is 16.5 Å². The first-order chi connectivity index (χ1) is 8.94. The molecular weight excluding hydrogens is 264 g/mol. The average molecular weight is 286 g/mol. The number of nitrogens with one attached hydrogen (secondary N) is 1. The zero-order valence-corrected chi connectivity index (χ0v) is 12.6. The Balaban J connectivity index is 2.04. The standard InChI is InChI=1S/C13H22N2O3S/c1-4-15-7-5-6-12(15)9-14-19(16,17)13-8-10(2)18-11(13)3/h8,12,14H,4-7,9H2,1-3H3. The second-order valence-corrected chi connectivity index (χ2v) is 6.79. The molecule has 1 aromatic rings. The number of furan rings is 1. The zero-order valence-electron chi connectivity index (χ0n) is 11.8. The Labute approximate surface area is 115 Å². The molecule has 0 aromatic carbocycles. The number of hydrogen-bond acceptors (Lipinski definition) is 4. The van der Waals surface area contributed by atoms with Gasteiger partial charge in [0, 0.05) is 12.6 Å². The van der Waals surface area contributed by atoms with Crippen LogP contribution < -0.4 is 4.72 Å². The molecule has 1 N–H and O–H groups in total. The number of rotatable bonds is 5. The summed E-state index contributed by atoms with van der Waals surface area (Å²) in [4.78, 5) is 2.57. The molecule has 0 bridgehead atoms. The molecule has 0 spiro atoms. The molecule has 1 aromatic heterocycles. The Morgan fingerprint density at radius 2 is 2.21 bits per heavy atom. The Morgan fingerprint density at radius 3 is 2.79 bits per heavy atom. The van der Waals surface area contributed by atoms with E-state index in [1.54, 1.807) is 19.9 Å². The van der Waals surface area contributed by atoms with Crippen molar-refractivity contribution in [3.63, 3.8) is 0 Å². The number of likely N-dealkylation sites (N-methyl/N-ethyl adjacent to an activating group) is 1. The van der Waals surface area contributed by atoms with Crippen LogP contribution in [0.2, 0.25) is 0 Å². The van der Waals surface area contributed by atoms with Crippen LogP contribution >= 0.6 is 0 Å². The summed E-state index contributed by atoms with van der Waals surface area (Å²) >= 11 is 0. The number of nitrogens with zero attached hydrogens (tertiary/aromatic N) is 1. The van der Waals surface area contributed by atoms with E-state index in [1.165, 1.54) is 0 Å². The van der Waals surface area contributed by atoms with Gasteiger partial charge in [-0.25, -0.2) is 13.1 Å². The second kappa shape index (κ2) is 5.64. The van der Waals surface area contributed by atoms with Gasteiger partial charge in [-0.05, 0) is 45.8 Å². The lowest BCUT2D eigenvalue weighted by atomic mass is 10.2. The molecule has 0 aliphatic carbocycles. The SMILES string of the molecule is CCN1CCCC1CNS(=O)(=O)c1cc(C)oc1C. The van der Waals surface area contributed by atoms with E-state index in [0.29, 0.717) is 24.1 Å². The van der Waals surface area contributed by atoms with Crippen LogP contribution in [0.3, 0.4) is 0 Å². The predicted molar refractivity (Wildman–Crippen MR) is 73.6 cm³/mol. The highest BCUT2D eigenvalue weighted by molar-refractivity contribution is 7.89. The van der Waals surface area contributed by atoms with Gasteiger partial charge < -0.3 is 4.42 Å². The summed E-state index contributed by atoms with van der Waals surface area (Å²) in [5.41, 5.74) is 0. The maximum absolute atomic E-state index is 12.2. The van der Waals surface area contributed by atoms with Crippen molar-refractivity contribution in [1.82, 2.24) is 9.62 Å². The van der Waals surface area contributed by atoms with Crippen LogP contribution in [-0.2, 0) is 10.0 Å². The van der Waals surface area contributed by atoms with E-state index in [-0.39, 0.29) is 4.90 Å². The van der Waals surface area contributed by atoms with Gasteiger partial charge in [-0.15, -0.1) is 0 Å². The topological polar surface area (TPSA) is 62.6 Å². The number of hydrogen-bond donors (Lipinski definition) is 1. The monoisotopic (exact) mass is 286 g/mol. The molecule has 19 heavy (non-hydrogen) atoms. The van der Waals surface area contributed by atoms with Crippen LogP contribution in [0.1, 0.15) is 31.3 Å². The molecule has 0 radical (unpaired) electrons. The van der Waals surface area contributed by atoms with Crippen molar-refractivity contribution in [2.24, 2.45) is 0 Å². The Morgan fingerprint density at radius 1 is 1.47 bits per heavy atom. The molecule has 0 saturated carbocycles. The van der Waals surface area contributed by atoms with Crippen LogP contribution in [0, 0.1) is 13.8 Å². The zero-order chi connectivity index (χ0) is 14.0. The van der Waals surface area contributed by atoms with Crippen LogP contribution in [0.15, 0.2) is 15.4 Å². The summed E-state index contributed by atoms with van der Waals surface area (Å²) < 4.78 is 32.4. The van der Waals surface area contributed by atoms with Gasteiger partial charge in [0.15, 0.2) is 0 Å². The Bertz CT molecular complexity index is 536. The average Bonchev–Trinajstić information content (AvgIpc) is 2.93. The first-order valence-electron chi connectivity index (χ1n) is 6.74. The first-order valence-corrected chi connectivity index (χ1v) is 8.23. The quantitative estimate of drug-likeness (QED) is 0.894. The molecule has 1 aliphatic rings. The maximum atomic E-state index is 12.2. The van der Waals surface area contributed by atoms with E-state index in [9.17, 15) is 8.42 Å². The number of likely N-dealkylation sites (tertiary alicyclic amines) is 1. The van der Waals surface area contributed by atoms with Crippen molar-refractivity contribution in [2.75, 3.05) is 19.6 Å². The third-order valence-corrected chi connectivity index (χ3v) is 5.23. The molecule has 2 heterocycles. The van der Waals surface area contributed by atoms with E-state index in [0.717, 1.165) is 25.9 Å². The summed E-state index contributed by atoms with van der Waals surface area (Å²) in [7, 11) is -3.46. The normalized spacial score (nSPS) is 21.1. The Hall–Kier alpha value is -0.850. The lowest BCUT2D eigenvalue weighted by Crippen LogP contribution is -2.40. The number of aryl methyl sites for hydroxylation is 2. The molecule has 1 fully saturated rings. The molecule has 1 atom stereocenters. The lowest BCUT2D eigenvalue weighted by molar-refractivity contribution is 0.268. The van der Waals surface area contributed by atoms with Crippen molar-refractivity contribution in [3.8, 4) is 0 Å². The molecule has 108 valence electrons. The van der Waals surface area contributed by atoms with Gasteiger partial charge in [0.2, 0.25) is 10.0 Å². The van der Waals surface area contributed by atoms with Crippen molar-refractivity contribution in [3.05, 3.63) is 17.6 Å². The number of sulfonamides is 1. The molecular formula is C13H22N2O3S. The van der Waals surface area contributed by atoms with Gasteiger partial charge in [-0.1, -0.05) is 6.92 Å². The predicted octanol–water partition coefficient (Wildman–Crippen LogP) is 1.66. The molecule has 1 unspecified atom stereocenters. The molecule has 1 aliphatic heterocycles. The van der Waals surface area contributed by atoms with Gasteiger partial charge in [-0.3, -0.25) is 4.90 Å². The minimum Gasteiger partial charge on any atom is -0.465 e. The molecule has 6 heteroatoms. The minimum atomic E-state index is -3.46. The molecule has 1 saturated heterocycles. The largest absolute Gasteiger partial charge is 0.465 e. The lowest BCUT2D eigenvalue weighted by Gasteiger charge is -2.22. The highest BCUT2D eigenvalue weighted by atomic mass is 32.2. The summed E-state index contributed by atoms with van der Waals surface area (Å²) in [6, 6.07) is 1.89. The smallest absolute Gasteiger partial charge is 0.244 e. The van der Waals surface area contributed by atoms with Gasteiger partial charge in [-0.2, -0.15) is 0 Å². The van der Waals surface area contributed by atoms with Crippen LogP contribution in [0.5, 0.6) is 0 Å². The van der Waals surface area contributed by atoms with Gasteiger partial charge >= 0.3 is 0 Å². The summed E-state index contributed by atoms with van der Waals surface area (Å²) in [5, 5.41) is 0. The fourth-order valence-electron chi connectivity index (χ4n) is 2.70. The summed E-state index contributed by atoms with van der Waals surface area (Å²) in [6.45, 7) is 8.04. The minimum absolute atomic E-state index is 0.256. The highest BCUT2D eigenvalue weighted by Gasteiger charge is 2.26. The van der Waals surface area contributed by atoms with E-state index < -0.39 is 10.0 Å². The van der Waals surface area contributed by atoms with E-state index >= 15 is 0 Å². The second-order valence-electron chi connectivity index (χ2n) is 5.05. The van der Waals surface area contributed by atoms with Gasteiger partial charge in [0.25, 0.3) is 0 Å². The van der Waals surface area contributed by atoms with Crippen molar-refractivity contribution >= 4 is 10.0 Å². The Kier molecular flexibility index (Phi) is 4.32. The van der Waals surface area contributed by atoms with Crippen molar-refractivity contribution in [1.29, 1.82) is 0 Å². The first kappa shape index (κ1) is 14.6. The fourth-order valence-corrected chi connectivity index (χ4v) is 4.01.